The minimum absolute atomic E-state index is 0.540. The monoisotopic (exact) mass is 202 g/mol. The maximum absolute atomic E-state index is 10.3. The van der Waals surface area contributed by atoms with Gasteiger partial charge < -0.3 is 9.36 Å². The second kappa shape index (κ2) is 3.85. The number of carbonyl (C=O) groups excluding carboxylic acids is 1. The van der Waals surface area contributed by atoms with Crippen molar-refractivity contribution < 1.29 is 4.79 Å². The van der Waals surface area contributed by atoms with Crippen LogP contribution in [0.2, 0.25) is 0 Å². The number of benzene rings is 1. The number of rotatable bonds is 3. The Morgan fingerprint density at radius 1 is 1.33 bits per heavy atom. The van der Waals surface area contributed by atoms with Gasteiger partial charge in [-0.25, -0.2) is 4.98 Å². The average molecular weight is 202 g/mol. The van der Waals surface area contributed by atoms with Crippen molar-refractivity contribution in [2.45, 2.75) is 26.8 Å². The first-order chi connectivity index (χ1) is 7.22. The molecule has 1 heterocycles. The van der Waals surface area contributed by atoms with Crippen molar-refractivity contribution in [3.8, 4) is 0 Å². The summed E-state index contributed by atoms with van der Waals surface area (Å²) in [6.45, 7) is 4.88. The summed E-state index contributed by atoms with van der Waals surface area (Å²) < 4.78 is 2.02. The number of imidazole rings is 1. The molecule has 0 spiro atoms. The maximum Gasteiger partial charge on any atom is 0.121 e. The van der Waals surface area contributed by atoms with E-state index < -0.39 is 0 Å². The molecule has 2 rings (SSSR count). The lowest BCUT2D eigenvalue weighted by Gasteiger charge is -2.03. The van der Waals surface area contributed by atoms with Crippen LogP contribution in [0.25, 0.3) is 11.0 Å². The van der Waals surface area contributed by atoms with Gasteiger partial charge >= 0.3 is 0 Å². The second-order valence-electron chi connectivity index (χ2n) is 3.82. The fourth-order valence-corrected chi connectivity index (χ4v) is 1.68. The standard InChI is InChI=1S/C12H14N2O/c1-9-6-11-12(7-10(9)2)14(8-13-11)4-3-5-15/h5-8H,3-4H2,1-2H3. The summed E-state index contributed by atoms with van der Waals surface area (Å²) in [5.74, 6) is 0. The number of nitrogens with zero attached hydrogens (tertiary/aromatic N) is 2. The molecule has 78 valence electrons. The first-order valence-corrected chi connectivity index (χ1v) is 5.08. The molecule has 1 aromatic carbocycles. The van der Waals surface area contributed by atoms with Crippen molar-refractivity contribution in [3.05, 3.63) is 29.6 Å². The van der Waals surface area contributed by atoms with E-state index in [1.807, 2.05) is 4.57 Å². The van der Waals surface area contributed by atoms with E-state index in [4.69, 9.17) is 0 Å². The van der Waals surface area contributed by atoms with E-state index >= 15 is 0 Å². The minimum Gasteiger partial charge on any atom is -0.330 e. The molecule has 2 aromatic rings. The topological polar surface area (TPSA) is 34.9 Å². The highest BCUT2D eigenvalue weighted by Crippen LogP contribution is 2.18. The van der Waals surface area contributed by atoms with Crippen molar-refractivity contribution in [2.24, 2.45) is 0 Å². The third kappa shape index (κ3) is 1.77. The molecule has 0 saturated carbocycles. The Bertz CT molecular complexity index is 500. The van der Waals surface area contributed by atoms with Crippen LogP contribution < -0.4 is 0 Å². The molecule has 0 amide bonds. The number of aldehydes is 1. The van der Waals surface area contributed by atoms with E-state index in [9.17, 15) is 4.79 Å². The van der Waals surface area contributed by atoms with Gasteiger partial charge in [-0.3, -0.25) is 0 Å². The molecular weight excluding hydrogens is 188 g/mol. The highest BCUT2D eigenvalue weighted by Gasteiger charge is 2.04. The predicted octanol–water partition coefficient (Wildman–Crippen LogP) is 2.24. The van der Waals surface area contributed by atoms with Gasteiger partial charge in [0.15, 0.2) is 0 Å². The molecule has 0 atom stereocenters. The second-order valence-corrected chi connectivity index (χ2v) is 3.82. The van der Waals surface area contributed by atoms with Gasteiger partial charge in [0, 0.05) is 13.0 Å². The summed E-state index contributed by atoms with van der Waals surface area (Å²) in [6.07, 6.45) is 3.28. The Morgan fingerprint density at radius 3 is 2.80 bits per heavy atom. The normalized spacial score (nSPS) is 10.8. The highest BCUT2D eigenvalue weighted by atomic mass is 16.1. The molecule has 0 bridgehead atoms. The van der Waals surface area contributed by atoms with Crippen molar-refractivity contribution in [2.75, 3.05) is 0 Å². The van der Waals surface area contributed by atoms with Crippen LogP contribution in [0.1, 0.15) is 17.5 Å². The van der Waals surface area contributed by atoms with Gasteiger partial charge in [0.2, 0.25) is 0 Å². The SMILES string of the molecule is Cc1cc2ncn(CCC=O)c2cc1C. The summed E-state index contributed by atoms with van der Waals surface area (Å²) >= 11 is 0. The fraction of sp³-hybridized carbons (Fsp3) is 0.333. The Labute approximate surface area is 88.7 Å². The number of fused-ring (bicyclic) bond motifs is 1. The molecule has 0 radical (unpaired) electrons. The third-order valence-electron chi connectivity index (χ3n) is 2.72. The van der Waals surface area contributed by atoms with Gasteiger partial charge in [0.25, 0.3) is 0 Å². The zero-order valence-corrected chi connectivity index (χ0v) is 9.03. The number of aromatic nitrogens is 2. The molecule has 3 heteroatoms. The summed E-state index contributed by atoms with van der Waals surface area (Å²) in [4.78, 5) is 14.6. The molecule has 0 aliphatic heterocycles. The number of hydrogen-bond acceptors (Lipinski definition) is 2. The van der Waals surface area contributed by atoms with Crippen molar-refractivity contribution >= 4 is 17.3 Å². The minimum atomic E-state index is 0.540. The molecule has 0 aliphatic rings. The summed E-state index contributed by atoms with van der Waals surface area (Å²) in [5.41, 5.74) is 4.63. The van der Waals surface area contributed by atoms with Crippen molar-refractivity contribution in [1.82, 2.24) is 9.55 Å². The van der Waals surface area contributed by atoms with Gasteiger partial charge in [-0.2, -0.15) is 0 Å². The summed E-state index contributed by atoms with van der Waals surface area (Å²) in [5, 5.41) is 0. The van der Waals surface area contributed by atoms with Crippen LogP contribution in [0, 0.1) is 13.8 Å². The van der Waals surface area contributed by atoms with Gasteiger partial charge in [-0.05, 0) is 37.1 Å². The van der Waals surface area contributed by atoms with Crippen molar-refractivity contribution in [1.29, 1.82) is 0 Å². The zero-order valence-electron chi connectivity index (χ0n) is 9.03. The third-order valence-corrected chi connectivity index (χ3v) is 2.72. The Balaban J connectivity index is 2.49. The molecule has 0 saturated heterocycles. The van der Waals surface area contributed by atoms with Crippen LogP contribution in [-0.4, -0.2) is 15.8 Å². The highest BCUT2D eigenvalue weighted by molar-refractivity contribution is 5.77. The maximum atomic E-state index is 10.3. The number of carbonyl (C=O) groups is 1. The Morgan fingerprint density at radius 2 is 2.07 bits per heavy atom. The molecule has 15 heavy (non-hydrogen) atoms. The fourth-order valence-electron chi connectivity index (χ4n) is 1.68. The van der Waals surface area contributed by atoms with Crippen LogP contribution in [0.3, 0.4) is 0 Å². The van der Waals surface area contributed by atoms with E-state index in [2.05, 4.69) is 31.0 Å². The lowest BCUT2D eigenvalue weighted by molar-refractivity contribution is -0.108. The average Bonchev–Trinajstić information content (AvgIpc) is 2.59. The van der Waals surface area contributed by atoms with Gasteiger partial charge in [0.1, 0.15) is 6.29 Å². The Kier molecular flexibility index (Phi) is 2.54. The summed E-state index contributed by atoms with van der Waals surface area (Å²) in [7, 11) is 0. The van der Waals surface area contributed by atoms with E-state index in [-0.39, 0.29) is 0 Å². The lowest BCUT2D eigenvalue weighted by atomic mass is 10.1. The van der Waals surface area contributed by atoms with E-state index in [1.165, 1.54) is 11.1 Å². The van der Waals surface area contributed by atoms with Crippen LogP contribution in [0.5, 0.6) is 0 Å². The van der Waals surface area contributed by atoms with E-state index in [0.29, 0.717) is 13.0 Å². The molecule has 0 N–H and O–H groups in total. The summed E-state index contributed by atoms with van der Waals surface area (Å²) in [6, 6.07) is 4.21. The molecule has 0 fully saturated rings. The van der Waals surface area contributed by atoms with Crippen LogP contribution >= 0.6 is 0 Å². The zero-order chi connectivity index (χ0) is 10.8. The number of aryl methyl sites for hydroxylation is 3. The quantitative estimate of drug-likeness (QED) is 0.715. The first kappa shape index (κ1) is 9.90. The molecule has 0 aliphatic carbocycles. The van der Waals surface area contributed by atoms with Crippen molar-refractivity contribution in [3.63, 3.8) is 0 Å². The van der Waals surface area contributed by atoms with E-state index in [1.54, 1.807) is 6.33 Å². The molecule has 1 aromatic heterocycles. The predicted molar refractivity (Wildman–Crippen MR) is 59.9 cm³/mol. The molecule has 3 nitrogen and oxygen atoms in total. The van der Waals surface area contributed by atoms with Crippen LogP contribution in [0.4, 0.5) is 0 Å². The Hall–Kier alpha value is -1.64. The molecule has 0 unspecified atom stereocenters. The van der Waals surface area contributed by atoms with E-state index in [0.717, 1.165) is 17.3 Å². The van der Waals surface area contributed by atoms with Gasteiger partial charge in [-0.1, -0.05) is 0 Å². The van der Waals surface area contributed by atoms with Gasteiger partial charge in [0.05, 0.1) is 17.4 Å². The largest absolute Gasteiger partial charge is 0.330 e. The molecular formula is C12H14N2O. The van der Waals surface area contributed by atoms with Crippen LogP contribution in [-0.2, 0) is 11.3 Å². The van der Waals surface area contributed by atoms with Crippen LogP contribution in [0.15, 0.2) is 18.5 Å². The first-order valence-electron chi connectivity index (χ1n) is 5.08. The smallest absolute Gasteiger partial charge is 0.121 e. The lowest BCUT2D eigenvalue weighted by Crippen LogP contribution is -1.96. The van der Waals surface area contributed by atoms with Gasteiger partial charge in [-0.15, -0.1) is 0 Å². The number of hydrogen-bond donors (Lipinski definition) is 0.